The molecule has 6 unspecified atom stereocenters. The molecule has 2 aromatic rings. The Morgan fingerprint density at radius 1 is 1.03 bits per heavy atom. The van der Waals surface area contributed by atoms with Crippen LogP contribution in [-0.4, -0.2) is 86.4 Å². The van der Waals surface area contributed by atoms with Gasteiger partial charge < -0.3 is 40.1 Å². The molecular formula is C23H29NO8. The molecule has 9 nitrogen and oxygen atoms in total. The highest BCUT2D eigenvalue weighted by atomic mass is 16.7. The van der Waals surface area contributed by atoms with Crippen LogP contribution in [0.2, 0.25) is 0 Å². The molecule has 2 aliphatic rings. The van der Waals surface area contributed by atoms with Crippen molar-refractivity contribution in [3.63, 3.8) is 0 Å². The van der Waals surface area contributed by atoms with Crippen LogP contribution in [0.25, 0.3) is 0 Å². The number of likely N-dealkylation sites (N-methyl/N-ethyl adjacent to an activating group) is 1. The number of nitrogens with zero attached hydrogens (tertiary/aromatic N) is 1. The van der Waals surface area contributed by atoms with Crippen LogP contribution in [0.4, 0.5) is 0 Å². The zero-order chi connectivity index (χ0) is 23.0. The van der Waals surface area contributed by atoms with E-state index in [1.165, 1.54) is 0 Å². The summed E-state index contributed by atoms with van der Waals surface area (Å²) in [6.07, 6.45) is -5.70. The summed E-state index contributed by atoms with van der Waals surface area (Å²) in [4.78, 5) is 2.20. The van der Waals surface area contributed by atoms with Crippen molar-refractivity contribution in [1.29, 1.82) is 0 Å². The molecule has 0 aliphatic carbocycles. The number of aliphatic hydroxyl groups excluding tert-OH is 4. The molecule has 2 aliphatic heterocycles. The SMILES string of the molecule is CN1CCc2cc(O)c(OC3OC(CO)C(O)C(O)C3O)cc2C1Cc1ccc(O)cc1. The summed E-state index contributed by atoms with van der Waals surface area (Å²) in [5, 5.41) is 59.7. The van der Waals surface area contributed by atoms with E-state index in [0.29, 0.717) is 6.42 Å². The lowest BCUT2D eigenvalue weighted by Gasteiger charge is -2.40. The molecule has 0 amide bonds. The lowest BCUT2D eigenvalue weighted by atomic mass is 9.88. The van der Waals surface area contributed by atoms with Crippen molar-refractivity contribution in [2.45, 2.75) is 49.6 Å². The normalized spacial score (nSPS) is 30.7. The third-order valence-corrected chi connectivity index (χ3v) is 6.30. The van der Waals surface area contributed by atoms with Crippen molar-refractivity contribution in [1.82, 2.24) is 4.90 Å². The minimum atomic E-state index is -1.57. The highest BCUT2D eigenvalue weighted by molar-refractivity contribution is 5.49. The number of ether oxygens (including phenoxy) is 2. The molecule has 0 saturated carbocycles. The van der Waals surface area contributed by atoms with Crippen LogP contribution in [-0.2, 0) is 17.6 Å². The smallest absolute Gasteiger partial charge is 0.229 e. The van der Waals surface area contributed by atoms with Crippen LogP contribution < -0.4 is 4.74 Å². The highest BCUT2D eigenvalue weighted by Gasteiger charge is 2.45. The molecule has 1 fully saturated rings. The van der Waals surface area contributed by atoms with Crippen LogP contribution >= 0.6 is 0 Å². The third kappa shape index (κ3) is 4.40. The lowest BCUT2D eigenvalue weighted by Crippen LogP contribution is -2.60. The second kappa shape index (κ2) is 9.22. The molecule has 4 rings (SSSR count). The van der Waals surface area contributed by atoms with Crippen molar-refractivity contribution >= 4 is 0 Å². The molecule has 2 aromatic carbocycles. The van der Waals surface area contributed by atoms with E-state index < -0.39 is 37.3 Å². The second-order valence-electron chi connectivity index (χ2n) is 8.45. The maximum Gasteiger partial charge on any atom is 0.229 e. The van der Waals surface area contributed by atoms with Gasteiger partial charge in [0.15, 0.2) is 11.5 Å². The summed E-state index contributed by atoms with van der Waals surface area (Å²) in [5.74, 6) is 0.138. The Morgan fingerprint density at radius 3 is 2.44 bits per heavy atom. The molecule has 2 heterocycles. The van der Waals surface area contributed by atoms with Gasteiger partial charge in [-0.3, -0.25) is 4.90 Å². The van der Waals surface area contributed by atoms with E-state index in [9.17, 15) is 30.6 Å². The second-order valence-corrected chi connectivity index (χ2v) is 8.45. The predicted octanol–water partition coefficient (Wildman–Crippen LogP) is 0.0482. The molecule has 6 atom stereocenters. The van der Waals surface area contributed by atoms with Gasteiger partial charge in [0, 0.05) is 12.6 Å². The summed E-state index contributed by atoms with van der Waals surface area (Å²) >= 11 is 0. The molecular weight excluding hydrogens is 418 g/mol. The Morgan fingerprint density at radius 2 is 1.75 bits per heavy atom. The van der Waals surface area contributed by atoms with Gasteiger partial charge in [0.05, 0.1) is 6.61 Å². The monoisotopic (exact) mass is 447 g/mol. The minimum absolute atomic E-state index is 0.0129. The van der Waals surface area contributed by atoms with Crippen molar-refractivity contribution in [3.05, 3.63) is 53.1 Å². The Labute approximate surface area is 185 Å². The van der Waals surface area contributed by atoms with Gasteiger partial charge in [0.1, 0.15) is 30.2 Å². The Bertz CT molecular complexity index is 934. The molecule has 174 valence electrons. The van der Waals surface area contributed by atoms with Gasteiger partial charge in [0.25, 0.3) is 0 Å². The molecule has 9 heteroatoms. The fraction of sp³-hybridized carbons (Fsp3) is 0.478. The van der Waals surface area contributed by atoms with Crippen molar-refractivity contribution in [2.75, 3.05) is 20.2 Å². The average molecular weight is 447 g/mol. The number of aliphatic hydroxyl groups is 4. The zero-order valence-electron chi connectivity index (χ0n) is 17.7. The number of aromatic hydroxyl groups is 2. The first-order valence-corrected chi connectivity index (χ1v) is 10.6. The highest BCUT2D eigenvalue weighted by Crippen LogP contribution is 2.39. The van der Waals surface area contributed by atoms with Crippen LogP contribution in [0.3, 0.4) is 0 Å². The first-order valence-electron chi connectivity index (χ1n) is 10.6. The summed E-state index contributed by atoms with van der Waals surface area (Å²) in [5.41, 5.74) is 2.96. The van der Waals surface area contributed by atoms with Gasteiger partial charge in [-0.05, 0) is 60.8 Å². The Kier molecular flexibility index (Phi) is 6.57. The van der Waals surface area contributed by atoms with Crippen molar-refractivity contribution < 1.29 is 40.1 Å². The molecule has 1 saturated heterocycles. The van der Waals surface area contributed by atoms with Gasteiger partial charge in [-0.25, -0.2) is 0 Å². The topological polar surface area (TPSA) is 143 Å². The van der Waals surface area contributed by atoms with Gasteiger partial charge in [-0.15, -0.1) is 0 Å². The summed E-state index contributed by atoms with van der Waals surface area (Å²) in [6, 6.07) is 10.3. The van der Waals surface area contributed by atoms with Crippen LogP contribution in [0.5, 0.6) is 17.2 Å². The van der Waals surface area contributed by atoms with Crippen LogP contribution in [0.1, 0.15) is 22.7 Å². The van der Waals surface area contributed by atoms with Crippen LogP contribution in [0, 0.1) is 0 Å². The molecule has 0 radical (unpaired) electrons. The van der Waals surface area contributed by atoms with E-state index in [4.69, 9.17) is 9.47 Å². The molecule has 0 spiro atoms. The van der Waals surface area contributed by atoms with Gasteiger partial charge >= 0.3 is 0 Å². The minimum Gasteiger partial charge on any atom is -0.508 e. The van der Waals surface area contributed by atoms with E-state index in [1.54, 1.807) is 24.3 Å². The first-order chi connectivity index (χ1) is 15.3. The van der Waals surface area contributed by atoms with Crippen molar-refractivity contribution in [2.24, 2.45) is 0 Å². The largest absolute Gasteiger partial charge is 0.508 e. The standard InChI is InChI=1S/C23H29NO8/c1-24-7-6-13-9-17(27)18(31-23-22(30)21(29)20(28)19(11-25)32-23)10-15(13)16(24)8-12-2-4-14(26)5-3-12/h2-5,9-10,16,19-23,25-30H,6-8,11H2,1H3. The maximum atomic E-state index is 10.5. The summed E-state index contributed by atoms with van der Waals surface area (Å²) < 4.78 is 11.1. The van der Waals surface area contributed by atoms with E-state index in [2.05, 4.69) is 4.90 Å². The first kappa shape index (κ1) is 22.8. The average Bonchev–Trinajstić information content (AvgIpc) is 2.78. The molecule has 32 heavy (non-hydrogen) atoms. The fourth-order valence-electron chi connectivity index (χ4n) is 4.35. The fourth-order valence-corrected chi connectivity index (χ4v) is 4.35. The Hall–Kier alpha value is -2.40. The maximum absolute atomic E-state index is 10.5. The van der Waals surface area contributed by atoms with Gasteiger partial charge in [-0.2, -0.15) is 0 Å². The summed E-state index contributed by atoms with van der Waals surface area (Å²) in [6.45, 7) is 0.239. The van der Waals surface area contributed by atoms with E-state index in [-0.39, 0.29) is 23.3 Å². The number of fused-ring (bicyclic) bond motifs is 1. The number of rotatable bonds is 5. The molecule has 0 aromatic heterocycles. The van der Waals surface area contributed by atoms with Crippen molar-refractivity contribution in [3.8, 4) is 17.2 Å². The summed E-state index contributed by atoms with van der Waals surface area (Å²) in [7, 11) is 2.01. The lowest BCUT2D eigenvalue weighted by molar-refractivity contribution is -0.277. The molecule has 0 bridgehead atoms. The van der Waals surface area contributed by atoms with E-state index in [1.807, 2.05) is 19.2 Å². The quantitative estimate of drug-likeness (QED) is 0.375. The number of hydrogen-bond donors (Lipinski definition) is 6. The van der Waals surface area contributed by atoms with E-state index in [0.717, 1.165) is 29.7 Å². The number of phenols is 2. The zero-order valence-corrected chi connectivity index (χ0v) is 17.7. The predicted molar refractivity (Wildman–Crippen MR) is 113 cm³/mol. The Balaban J connectivity index is 1.61. The van der Waals surface area contributed by atoms with Crippen LogP contribution in [0.15, 0.2) is 36.4 Å². The number of benzene rings is 2. The number of hydrogen-bond acceptors (Lipinski definition) is 9. The number of phenolic OH excluding ortho intramolecular Hbond substituents is 2. The van der Waals surface area contributed by atoms with Gasteiger partial charge in [-0.1, -0.05) is 12.1 Å². The van der Waals surface area contributed by atoms with Gasteiger partial charge in [0.2, 0.25) is 6.29 Å². The third-order valence-electron chi connectivity index (χ3n) is 6.30. The molecule has 6 N–H and O–H groups in total. The van der Waals surface area contributed by atoms with E-state index >= 15 is 0 Å².